The first-order chi connectivity index (χ1) is 20.7. The van der Waals surface area contributed by atoms with Crippen molar-refractivity contribution in [1.82, 2.24) is 5.32 Å². The third-order valence-corrected chi connectivity index (χ3v) is 7.13. The van der Waals surface area contributed by atoms with Gasteiger partial charge in [-0.1, -0.05) is 35.9 Å². The number of amides is 4. The molecule has 0 saturated carbocycles. The zero-order valence-electron chi connectivity index (χ0n) is 22.8. The molecule has 0 saturated heterocycles. The fraction of sp³-hybridized carbons (Fsp3) is 0.0625. The normalized spacial score (nSPS) is 10.9. The average molecular weight is 617 g/mol. The fourth-order valence-corrected chi connectivity index (χ4v) is 4.67. The van der Waals surface area contributed by atoms with Crippen LogP contribution in [0.1, 0.15) is 22.8 Å². The van der Waals surface area contributed by atoms with Crippen LogP contribution in [0.4, 0.5) is 21.5 Å². The number of thioether (sulfide) groups is 1. The van der Waals surface area contributed by atoms with E-state index in [9.17, 15) is 23.6 Å². The Morgan fingerprint density at radius 2 is 1.37 bits per heavy atom. The van der Waals surface area contributed by atoms with Crippen molar-refractivity contribution in [1.29, 1.82) is 0 Å². The van der Waals surface area contributed by atoms with Gasteiger partial charge in [-0.2, -0.15) is 0 Å². The zero-order valence-corrected chi connectivity index (χ0v) is 24.4. The summed E-state index contributed by atoms with van der Waals surface area (Å²) in [5, 5.41) is 10.8. The van der Waals surface area contributed by atoms with E-state index in [2.05, 4.69) is 21.3 Å². The Hall–Kier alpha value is -4.93. The number of carbonyl (C=O) groups excluding carboxylic acids is 4. The minimum Gasteiger partial charge on any atom is -0.326 e. The number of halogens is 2. The number of nitrogens with one attached hydrogen (secondary N) is 4. The minimum atomic E-state index is -0.687. The Bertz CT molecular complexity index is 1640. The molecule has 0 spiro atoms. The summed E-state index contributed by atoms with van der Waals surface area (Å²) in [5.74, 6) is -2.15. The van der Waals surface area contributed by atoms with Gasteiger partial charge in [0.25, 0.3) is 11.8 Å². The van der Waals surface area contributed by atoms with Crippen molar-refractivity contribution >= 4 is 70.1 Å². The van der Waals surface area contributed by atoms with E-state index in [0.29, 0.717) is 22.6 Å². The highest BCUT2D eigenvalue weighted by atomic mass is 35.5. The van der Waals surface area contributed by atoms with Crippen molar-refractivity contribution in [2.75, 3.05) is 21.7 Å². The molecule has 0 aliphatic heterocycles. The molecule has 11 heteroatoms. The van der Waals surface area contributed by atoms with Crippen LogP contribution in [0.5, 0.6) is 0 Å². The first-order valence-corrected chi connectivity index (χ1v) is 14.3. The number of hydrogen-bond acceptors (Lipinski definition) is 5. The molecule has 218 valence electrons. The summed E-state index contributed by atoms with van der Waals surface area (Å²) in [4.78, 5) is 50.3. The second-order valence-electron chi connectivity index (χ2n) is 9.09. The molecule has 4 amide bonds. The number of anilines is 3. The molecule has 8 nitrogen and oxygen atoms in total. The van der Waals surface area contributed by atoms with Crippen LogP contribution in [0, 0.1) is 5.82 Å². The van der Waals surface area contributed by atoms with Crippen LogP contribution in [0.25, 0.3) is 6.08 Å². The number of hydrogen-bond donors (Lipinski definition) is 4. The monoisotopic (exact) mass is 616 g/mol. The van der Waals surface area contributed by atoms with Crippen LogP contribution in [0.2, 0.25) is 5.02 Å². The van der Waals surface area contributed by atoms with E-state index in [4.69, 9.17) is 11.6 Å². The molecule has 0 fully saturated rings. The van der Waals surface area contributed by atoms with Crippen molar-refractivity contribution in [2.45, 2.75) is 11.8 Å². The van der Waals surface area contributed by atoms with Crippen molar-refractivity contribution in [3.05, 3.63) is 125 Å². The first kappa shape index (κ1) is 31.0. The van der Waals surface area contributed by atoms with E-state index < -0.39 is 17.6 Å². The predicted molar refractivity (Wildman–Crippen MR) is 168 cm³/mol. The van der Waals surface area contributed by atoms with Crippen molar-refractivity contribution in [3.63, 3.8) is 0 Å². The molecule has 0 heterocycles. The van der Waals surface area contributed by atoms with E-state index >= 15 is 0 Å². The summed E-state index contributed by atoms with van der Waals surface area (Å²) in [5.41, 5.74) is 1.70. The molecule has 0 aromatic heterocycles. The molecule has 0 aliphatic rings. The molecular weight excluding hydrogens is 591 g/mol. The Labute approximate surface area is 256 Å². The molecule has 0 radical (unpaired) electrons. The highest BCUT2D eigenvalue weighted by Gasteiger charge is 2.17. The van der Waals surface area contributed by atoms with Gasteiger partial charge in [-0.3, -0.25) is 19.2 Å². The minimum absolute atomic E-state index is 0.0450. The summed E-state index contributed by atoms with van der Waals surface area (Å²) in [6.45, 7) is 1.42. The molecule has 0 unspecified atom stereocenters. The topological polar surface area (TPSA) is 116 Å². The number of rotatable bonds is 10. The third kappa shape index (κ3) is 9.29. The molecule has 4 aromatic carbocycles. The third-order valence-electron chi connectivity index (χ3n) is 5.79. The average Bonchev–Trinajstić information content (AvgIpc) is 2.99. The molecule has 0 bridgehead atoms. The molecule has 43 heavy (non-hydrogen) atoms. The smallest absolute Gasteiger partial charge is 0.272 e. The second kappa shape index (κ2) is 14.8. The lowest BCUT2D eigenvalue weighted by Crippen LogP contribution is -2.30. The van der Waals surface area contributed by atoms with Gasteiger partial charge in [0.1, 0.15) is 11.5 Å². The molecule has 4 rings (SSSR count). The fourth-order valence-electron chi connectivity index (χ4n) is 3.75. The van der Waals surface area contributed by atoms with Gasteiger partial charge < -0.3 is 21.3 Å². The second-order valence-corrected chi connectivity index (χ2v) is 10.5. The van der Waals surface area contributed by atoms with Gasteiger partial charge >= 0.3 is 0 Å². The molecule has 4 N–H and O–H groups in total. The predicted octanol–water partition coefficient (Wildman–Crippen LogP) is 6.58. The first-order valence-electron chi connectivity index (χ1n) is 12.9. The maximum Gasteiger partial charge on any atom is 0.272 e. The number of benzene rings is 4. The van der Waals surface area contributed by atoms with Gasteiger partial charge in [0.05, 0.1) is 10.8 Å². The van der Waals surface area contributed by atoms with Gasteiger partial charge in [-0.15, -0.1) is 11.8 Å². The quantitative estimate of drug-likeness (QED) is 0.119. The Balaban J connectivity index is 1.39. The van der Waals surface area contributed by atoms with E-state index in [0.717, 1.165) is 4.90 Å². The summed E-state index contributed by atoms with van der Waals surface area (Å²) >= 11 is 7.45. The van der Waals surface area contributed by atoms with Crippen molar-refractivity contribution in [2.24, 2.45) is 0 Å². The van der Waals surface area contributed by atoms with Gasteiger partial charge in [0.15, 0.2) is 0 Å². The molecular formula is C32H26ClFN4O4S. The maximum absolute atomic E-state index is 14.5. The summed E-state index contributed by atoms with van der Waals surface area (Å²) < 4.78 is 14.5. The van der Waals surface area contributed by atoms with Crippen molar-refractivity contribution in [3.8, 4) is 0 Å². The van der Waals surface area contributed by atoms with Crippen LogP contribution < -0.4 is 21.3 Å². The highest BCUT2D eigenvalue weighted by molar-refractivity contribution is 8.00. The van der Waals surface area contributed by atoms with Crippen LogP contribution in [-0.4, -0.2) is 29.4 Å². The summed E-state index contributed by atoms with van der Waals surface area (Å²) in [7, 11) is 0. The summed E-state index contributed by atoms with van der Waals surface area (Å²) in [6.07, 6.45) is 1.18. The molecule has 4 aromatic rings. The van der Waals surface area contributed by atoms with Crippen LogP contribution in [0.15, 0.2) is 108 Å². The highest BCUT2D eigenvalue weighted by Crippen LogP contribution is 2.24. The number of carbonyl (C=O) groups is 4. The molecule has 0 atom stereocenters. The molecule has 0 aliphatic carbocycles. The van der Waals surface area contributed by atoms with Crippen LogP contribution in [0.3, 0.4) is 0 Å². The lowest BCUT2D eigenvalue weighted by Gasteiger charge is -2.12. The van der Waals surface area contributed by atoms with E-state index in [1.165, 1.54) is 43.0 Å². The summed E-state index contributed by atoms with van der Waals surface area (Å²) in [6, 6.07) is 25.9. The lowest BCUT2D eigenvalue weighted by atomic mass is 10.1. The Kier molecular flexibility index (Phi) is 10.7. The van der Waals surface area contributed by atoms with Gasteiger partial charge in [0.2, 0.25) is 11.8 Å². The van der Waals surface area contributed by atoms with Gasteiger partial charge in [-0.05, 0) is 78.9 Å². The van der Waals surface area contributed by atoms with Gasteiger partial charge in [0, 0.05) is 40.0 Å². The SMILES string of the molecule is CC(=O)Nc1ccc(NC(=O)CSc2ccc(NC(=O)/C(=C/c3c(F)cccc3Cl)NC(=O)c3ccccc3)cc2)cc1. The largest absolute Gasteiger partial charge is 0.326 e. The van der Waals surface area contributed by atoms with E-state index in [1.807, 2.05) is 0 Å². The standard InChI is InChI=1S/C32H26ClFN4O4S/c1-20(39)35-22-10-12-23(13-11-22)36-30(40)19-43-25-16-14-24(15-17-25)37-32(42)29(18-26-27(33)8-5-9-28(26)34)38-31(41)21-6-3-2-4-7-21/h2-18H,19H2,1H3,(H,35,39)(H,36,40)(H,37,42)(H,38,41)/b29-18-. The van der Waals surface area contributed by atoms with Crippen molar-refractivity contribution < 1.29 is 23.6 Å². The Morgan fingerprint density at radius 3 is 2.00 bits per heavy atom. The maximum atomic E-state index is 14.5. The Morgan fingerprint density at radius 1 is 0.767 bits per heavy atom. The van der Waals surface area contributed by atoms with Crippen LogP contribution in [-0.2, 0) is 14.4 Å². The van der Waals surface area contributed by atoms with Crippen LogP contribution >= 0.6 is 23.4 Å². The lowest BCUT2D eigenvalue weighted by molar-refractivity contribution is -0.114. The van der Waals surface area contributed by atoms with E-state index in [1.54, 1.807) is 78.9 Å². The van der Waals surface area contributed by atoms with Gasteiger partial charge in [-0.25, -0.2) is 4.39 Å². The zero-order chi connectivity index (χ0) is 30.8. The van der Waals surface area contributed by atoms with E-state index in [-0.39, 0.29) is 33.9 Å².